The molecule has 35 heavy (non-hydrogen) atoms. The van der Waals surface area contributed by atoms with Gasteiger partial charge in [-0.05, 0) is 63.3 Å². The van der Waals surface area contributed by atoms with Crippen molar-refractivity contribution in [3.63, 3.8) is 0 Å². The Hall–Kier alpha value is -2.68. The number of methoxy groups -OCH3 is 1. The van der Waals surface area contributed by atoms with Gasteiger partial charge in [-0.15, -0.1) is 0 Å². The minimum Gasteiger partial charge on any atom is -0.493 e. The molecule has 5 rings (SSSR count). The normalized spacial score (nSPS) is 23.3. The van der Waals surface area contributed by atoms with Crippen molar-refractivity contribution in [1.29, 1.82) is 0 Å². The van der Waals surface area contributed by atoms with Crippen LogP contribution in [-0.2, 0) is 0 Å². The first-order valence-electron chi connectivity index (χ1n) is 12.1. The Morgan fingerprint density at radius 2 is 1.94 bits per heavy atom. The highest BCUT2D eigenvalue weighted by Crippen LogP contribution is 2.38. The number of likely N-dealkylation sites (tertiary alicyclic amines) is 1. The molecule has 1 aromatic heterocycles. The summed E-state index contributed by atoms with van der Waals surface area (Å²) in [4.78, 5) is 11.1. The number of β-amino-alcohol motifs (C(OH)–C–C–N with tert-alkyl or cyclic N) is 1. The second-order valence-corrected chi connectivity index (χ2v) is 9.72. The third kappa shape index (κ3) is 5.29. The molecule has 3 aromatic rings. The molecule has 1 saturated carbocycles. The highest BCUT2D eigenvalue weighted by molar-refractivity contribution is 6.31. The molecule has 1 aliphatic carbocycles. The Bertz CT molecular complexity index is 1190. The van der Waals surface area contributed by atoms with Crippen molar-refractivity contribution in [1.82, 2.24) is 14.9 Å². The van der Waals surface area contributed by atoms with Crippen LogP contribution in [0.5, 0.6) is 11.5 Å². The van der Waals surface area contributed by atoms with Gasteiger partial charge in [0.15, 0.2) is 17.3 Å². The summed E-state index contributed by atoms with van der Waals surface area (Å²) < 4.78 is 26.5. The van der Waals surface area contributed by atoms with E-state index in [9.17, 15) is 9.50 Å². The number of anilines is 2. The van der Waals surface area contributed by atoms with Crippen LogP contribution in [0.25, 0.3) is 10.9 Å². The molecule has 7 nitrogen and oxygen atoms in total. The maximum absolute atomic E-state index is 14.5. The number of piperidine rings is 1. The zero-order valence-corrected chi connectivity index (χ0v) is 20.5. The quantitative estimate of drug-likeness (QED) is 0.474. The molecule has 0 bridgehead atoms. The predicted octanol–water partition coefficient (Wildman–Crippen LogP) is 5.32. The number of aliphatic hydroxyl groups excluding tert-OH is 1. The molecule has 2 N–H and O–H groups in total. The third-order valence-corrected chi connectivity index (χ3v) is 7.30. The van der Waals surface area contributed by atoms with Gasteiger partial charge in [-0.25, -0.2) is 14.4 Å². The third-order valence-electron chi connectivity index (χ3n) is 7.01. The second-order valence-electron chi connectivity index (χ2n) is 9.31. The average molecular weight is 501 g/mol. The SMILES string of the molecule is COc1cc2ncnc(Nc3cccc(Cl)c3F)c2cc1O[C@H]1CC[C@@H](N2CCC[C@@H](O)C2)CC1. The Morgan fingerprint density at radius 1 is 1.11 bits per heavy atom. The molecule has 0 radical (unpaired) electrons. The number of hydrogen-bond acceptors (Lipinski definition) is 7. The van der Waals surface area contributed by atoms with E-state index in [2.05, 4.69) is 20.2 Å². The van der Waals surface area contributed by atoms with E-state index in [1.807, 2.05) is 12.1 Å². The van der Waals surface area contributed by atoms with Gasteiger partial charge in [-0.3, -0.25) is 4.90 Å². The fourth-order valence-corrected chi connectivity index (χ4v) is 5.34. The zero-order chi connectivity index (χ0) is 24.4. The molecule has 0 amide bonds. The van der Waals surface area contributed by atoms with E-state index >= 15 is 0 Å². The number of aliphatic hydroxyl groups is 1. The number of benzene rings is 2. The summed E-state index contributed by atoms with van der Waals surface area (Å²) in [5.41, 5.74) is 0.887. The van der Waals surface area contributed by atoms with Gasteiger partial charge in [0.25, 0.3) is 0 Å². The average Bonchev–Trinajstić information content (AvgIpc) is 2.87. The largest absolute Gasteiger partial charge is 0.493 e. The summed E-state index contributed by atoms with van der Waals surface area (Å²) in [6, 6.07) is 8.95. The van der Waals surface area contributed by atoms with Crippen LogP contribution in [0, 0.1) is 5.82 Å². The van der Waals surface area contributed by atoms with E-state index in [0.29, 0.717) is 34.3 Å². The van der Waals surface area contributed by atoms with Crippen LogP contribution in [0.2, 0.25) is 5.02 Å². The lowest BCUT2D eigenvalue weighted by Crippen LogP contribution is -2.46. The van der Waals surface area contributed by atoms with E-state index in [-0.39, 0.29) is 22.9 Å². The van der Waals surface area contributed by atoms with Gasteiger partial charge in [0.05, 0.1) is 35.5 Å². The summed E-state index contributed by atoms with van der Waals surface area (Å²) in [5, 5.41) is 13.8. The molecule has 2 aromatic carbocycles. The van der Waals surface area contributed by atoms with Crippen LogP contribution < -0.4 is 14.8 Å². The number of aromatic nitrogens is 2. The van der Waals surface area contributed by atoms with Crippen molar-refractivity contribution in [3.8, 4) is 11.5 Å². The first kappa shape index (κ1) is 24.0. The molecule has 186 valence electrons. The molecule has 2 aliphatic rings. The number of ether oxygens (including phenoxy) is 2. The Balaban J connectivity index is 1.34. The van der Waals surface area contributed by atoms with Crippen molar-refractivity contribution in [3.05, 3.63) is 47.5 Å². The van der Waals surface area contributed by atoms with Crippen molar-refractivity contribution >= 4 is 34.0 Å². The number of hydrogen-bond donors (Lipinski definition) is 2. The second kappa shape index (κ2) is 10.5. The van der Waals surface area contributed by atoms with Gasteiger partial charge in [0, 0.05) is 24.0 Å². The maximum atomic E-state index is 14.5. The summed E-state index contributed by atoms with van der Waals surface area (Å²) in [6.07, 6.45) is 7.19. The maximum Gasteiger partial charge on any atom is 0.165 e. The summed E-state index contributed by atoms with van der Waals surface area (Å²) in [7, 11) is 1.61. The van der Waals surface area contributed by atoms with Crippen molar-refractivity contribution in [2.75, 3.05) is 25.5 Å². The van der Waals surface area contributed by atoms with Crippen molar-refractivity contribution in [2.45, 2.75) is 56.8 Å². The number of nitrogens with zero attached hydrogens (tertiary/aromatic N) is 3. The van der Waals surface area contributed by atoms with Crippen LogP contribution in [-0.4, -0.2) is 58.4 Å². The molecule has 2 fully saturated rings. The molecule has 2 heterocycles. The lowest BCUT2D eigenvalue weighted by Gasteiger charge is -2.40. The van der Waals surface area contributed by atoms with Crippen LogP contribution in [0.15, 0.2) is 36.7 Å². The Kier molecular flexibility index (Phi) is 7.22. The van der Waals surface area contributed by atoms with Crippen molar-refractivity contribution < 1.29 is 19.0 Å². The van der Waals surface area contributed by atoms with E-state index in [4.69, 9.17) is 21.1 Å². The van der Waals surface area contributed by atoms with Crippen LogP contribution in [0.3, 0.4) is 0 Å². The Morgan fingerprint density at radius 3 is 2.71 bits per heavy atom. The number of rotatable bonds is 6. The molecule has 9 heteroatoms. The monoisotopic (exact) mass is 500 g/mol. The number of fused-ring (bicyclic) bond motifs is 1. The van der Waals surface area contributed by atoms with Crippen LogP contribution in [0.4, 0.5) is 15.9 Å². The van der Waals surface area contributed by atoms with E-state index < -0.39 is 5.82 Å². The van der Waals surface area contributed by atoms with E-state index in [0.717, 1.165) is 51.6 Å². The molecule has 1 saturated heterocycles. The molecule has 0 spiro atoms. The Labute approximate surface area is 209 Å². The van der Waals surface area contributed by atoms with Gasteiger partial charge in [-0.2, -0.15) is 0 Å². The zero-order valence-electron chi connectivity index (χ0n) is 19.7. The molecule has 1 atom stereocenters. The minimum atomic E-state index is -0.538. The van der Waals surface area contributed by atoms with E-state index in [1.165, 1.54) is 12.4 Å². The van der Waals surface area contributed by atoms with E-state index in [1.54, 1.807) is 19.2 Å². The molecular formula is C26H30ClFN4O3. The minimum absolute atomic E-state index is 0.0359. The molecular weight excluding hydrogens is 471 g/mol. The summed E-state index contributed by atoms with van der Waals surface area (Å²) in [6.45, 7) is 1.84. The highest BCUT2D eigenvalue weighted by atomic mass is 35.5. The lowest BCUT2D eigenvalue weighted by molar-refractivity contribution is 0.0217. The fourth-order valence-electron chi connectivity index (χ4n) is 5.17. The predicted molar refractivity (Wildman–Crippen MR) is 134 cm³/mol. The summed E-state index contributed by atoms with van der Waals surface area (Å²) in [5.74, 6) is 1.12. The van der Waals surface area contributed by atoms with Gasteiger partial charge in [0.2, 0.25) is 0 Å². The first-order chi connectivity index (χ1) is 17.0. The molecule has 0 unspecified atom stereocenters. The van der Waals surface area contributed by atoms with Gasteiger partial charge in [0.1, 0.15) is 12.1 Å². The van der Waals surface area contributed by atoms with Gasteiger partial charge in [-0.1, -0.05) is 17.7 Å². The number of nitrogens with one attached hydrogen (secondary N) is 1. The smallest absolute Gasteiger partial charge is 0.165 e. The van der Waals surface area contributed by atoms with Gasteiger partial charge < -0.3 is 19.9 Å². The first-order valence-corrected chi connectivity index (χ1v) is 12.5. The van der Waals surface area contributed by atoms with Gasteiger partial charge >= 0.3 is 0 Å². The standard InChI is InChI=1S/C26H30ClFN4O3/c1-34-23-13-22-19(26(30-15-29-22)31-21-6-2-5-20(27)25(21)28)12-24(23)35-18-9-7-16(8-10-18)32-11-3-4-17(33)14-32/h2,5-6,12-13,15-18,33H,3-4,7-11,14H2,1H3,(H,29,30,31)/t16-,17-,18+/m1/s1. The topological polar surface area (TPSA) is 79.7 Å². The fraction of sp³-hybridized carbons (Fsp3) is 0.462. The van der Waals surface area contributed by atoms with Crippen LogP contribution >= 0.6 is 11.6 Å². The molecule has 1 aliphatic heterocycles. The van der Waals surface area contributed by atoms with Crippen molar-refractivity contribution in [2.24, 2.45) is 0 Å². The summed E-state index contributed by atoms with van der Waals surface area (Å²) >= 11 is 5.94. The lowest BCUT2D eigenvalue weighted by atomic mass is 9.90. The van der Waals surface area contributed by atoms with Crippen LogP contribution in [0.1, 0.15) is 38.5 Å². The highest BCUT2D eigenvalue weighted by Gasteiger charge is 2.30. The number of halogens is 2.